The van der Waals surface area contributed by atoms with Crippen LogP contribution in [0.25, 0.3) is 5.65 Å². The number of rotatable bonds is 1. The van der Waals surface area contributed by atoms with Gasteiger partial charge in [0, 0.05) is 25.3 Å². The third-order valence-corrected chi connectivity index (χ3v) is 2.93. The predicted octanol–water partition coefficient (Wildman–Crippen LogP) is 1.62. The first kappa shape index (κ1) is 8.85. The van der Waals surface area contributed by atoms with E-state index < -0.39 is 0 Å². The molecule has 0 aliphatic carbocycles. The molecule has 1 aliphatic rings. The molecule has 0 radical (unpaired) electrons. The Bertz CT molecular complexity index is 460. The lowest BCUT2D eigenvalue weighted by Gasteiger charge is -2.20. The molecule has 1 fully saturated rings. The van der Waals surface area contributed by atoms with Crippen molar-refractivity contribution in [1.29, 1.82) is 0 Å². The lowest BCUT2D eigenvalue weighted by Crippen LogP contribution is -2.16. The Morgan fingerprint density at radius 1 is 1.20 bits per heavy atom. The second kappa shape index (κ2) is 3.62. The number of hydrogen-bond donors (Lipinski definition) is 0. The normalized spacial score (nSPS) is 18.4. The molecule has 1 saturated heterocycles. The molecule has 15 heavy (non-hydrogen) atoms. The summed E-state index contributed by atoms with van der Waals surface area (Å²) in [5, 5.41) is 8.44. The summed E-state index contributed by atoms with van der Waals surface area (Å²) in [6, 6.07) is 5.98. The summed E-state index contributed by atoms with van der Waals surface area (Å²) in [6.07, 6.45) is 4.13. The zero-order valence-corrected chi connectivity index (χ0v) is 8.47. The van der Waals surface area contributed by atoms with Crippen molar-refractivity contribution in [1.82, 2.24) is 14.6 Å². The van der Waals surface area contributed by atoms with Crippen LogP contribution in [0, 0.1) is 0 Å². The minimum Gasteiger partial charge on any atom is -0.381 e. The molecule has 3 heterocycles. The highest BCUT2D eigenvalue weighted by atomic mass is 16.5. The van der Waals surface area contributed by atoms with E-state index in [9.17, 15) is 0 Å². The Kier molecular flexibility index (Phi) is 2.14. The van der Waals surface area contributed by atoms with Gasteiger partial charge in [0.2, 0.25) is 0 Å². The van der Waals surface area contributed by atoms with Gasteiger partial charge in [0.25, 0.3) is 0 Å². The van der Waals surface area contributed by atoms with Crippen LogP contribution < -0.4 is 0 Å². The second-order valence-corrected chi connectivity index (χ2v) is 3.87. The van der Waals surface area contributed by atoms with Gasteiger partial charge in [-0.3, -0.25) is 4.40 Å². The first-order chi connectivity index (χ1) is 7.45. The Labute approximate surface area is 87.9 Å². The summed E-state index contributed by atoms with van der Waals surface area (Å²) in [7, 11) is 0. The molecule has 0 atom stereocenters. The number of aromatic nitrogens is 3. The van der Waals surface area contributed by atoms with E-state index >= 15 is 0 Å². The van der Waals surface area contributed by atoms with E-state index in [2.05, 4.69) is 14.6 Å². The molecule has 0 unspecified atom stereocenters. The number of nitrogens with zero attached hydrogens (tertiary/aromatic N) is 3. The largest absolute Gasteiger partial charge is 0.381 e. The maximum absolute atomic E-state index is 5.35. The van der Waals surface area contributed by atoms with Crippen molar-refractivity contribution in [2.45, 2.75) is 18.8 Å². The third-order valence-electron chi connectivity index (χ3n) is 2.93. The molecule has 0 N–H and O–H groups in total. The molecule has 0 bridgehead atoms. The molecule has 1 aliphatic heterocycles. The van der Waals surface area contributed by atoms with Crippen molar-refractivity contribution in [3.05, 3.63) is 30.2 Å². The van der Waals surface area contributed by atoms with E-state index in [0.29, 0.717) is 5.92 Å². The van der Waals surface area contributed by atoms with Crippen LogP contribution in [0.4, 0.5) is 0 Å². The molecular formula is C11H13N3O. The van der Waals surface area contributed by atoms with Gasteiger partial charge in [0.05, 0.1) is 0 Å². The van der Waals surface area contributed by atoms with Crippen LogP contribution in [0.5, 0.6) is 0 Å². The lowest BCUT2D eigenvalue weighted by molar-refractivity contribution is 0.0834. The van der Waals surface area contributed by atoms with Gasteiger partial charge in [0.1, 0.15) is 5.82 Å². The molecule has 0 spiro atoms. The van der Waals surface area contributed by atoms with Crippen LogP contribution in [0.1, 0.15) is 24.6 Å². The van der Waals surface area contributed by atoms with Crippen LogP contribution in [-0.4, -0.2) is 27.8 Å². The Hall–Kier alpha value is -1.42. The maximum atomic E-state index is 5.35. The quantitative estimate of drug-likeness (QED) is 0.707. The summed E-state index contributed by atoms with van der Waals surface area (Å²) in [6.45, 7) is 1.68. The van der Waals surface area contributed by atoms with Gasteiger partial charge in [-0.2, -0.15) is 0 Å². The predicted molar refractivity (Wildman–Crippen MR) is 55.8 cm³/mol. The highest BCUT2D eigenvalue weighted by Gasteiger charge is 2.20. The minimum absolute atomic E-state index is 0.496. The van der Waals surface area contributed by atoms with E-state index in [1.54, 1.807) is 0 Å². The summed E-state index contributed by atoms with van der Waals surface area (Å²) in [4.78, 5) is 0. The van der Waals surface area contributed by atoms with Crippen molar-refractivity contribution in [2.24, 2.45) is 0 Å². The van der Waals surface area contributed by atoms with E-state index in [0.717, 1.165) is 37.5 Å². The number of ether oxygens (including phenoxy) is 1. The van der Waals surface area contributed by atoms with E-state index in [1.165, 1.54) is 0 Å². The molecule has 0 aromatic carbocycles. The van der Waals surface area contributed by atoms with Crippen molar-refractivity contribution < 1.29 is 4.74 Å². The molecule has 4 nitrogen and oxygen atoms in total. The van der Waals surface area contributed by atoms with Crippen molar-refractivity contribution in [2.75, 3.05) is 13.2 Å². The number of hydrogen-bond acceptors (Lipinski definition) is 3. The van der Waals surface area contributed by atoms with Gasteiger partial charge in [0.15, 0.2) is 5.65 Å². The fraction of sp³-hybridized carbons (Fsp3) is 0.455. The van der Waals surface area contributed by atoms with Crippen molar-refractivity contribution in [3.63, 3.8) is 0 Å². The van der Waals surface area contributed by atoms with Crippen molar-refractivity contribution in [3.8, 4) is 0 Å². The van der Waals surface area contributed by atoms with Gasteiger partial charge < -0.3 is 4.74 Å². The van der Waals surface area contributed by atoms with Crippen LogP contribution in [-0.2, 0) is 4.74 Å². The highest BCUT2D eigenvalue weighted by Crippen LogP contribution is 2.25. The zero-order chi connectivity index (χ0) is 10.1. The Morgan fingerprint density at radius 3 is 2.93 bits per heavy atom. The monoisotopic (exact) mass is 203 g/mol. The molecule has 2 aromatic rings. The van der Waals surface area contributed by atoms with Crippen LogP contribution >= 0.6 is 0 Å². The fourth-order valence-electron chi connectivity index (χ4n) is 2.09. The van der Waals surface area contributed by atoms with Crippen molar-refractivity contribution >= 4 is 5.65 Å². The standard InChI is InChI=1S/C11H13N3O/c1-2-6-14-10(3-1)12-13-11(14)9-4-7-15-8-5-9/h1-3,6,9H,4-5,7-8H2. The molecule has 3 rings (SSSR count). The van der Waals surface area contributed by atoms with Gasteiger partial charge in [-0.25, -0.2) is 0 Å². The first-order valence-corrected chi connectivity index (χ1v) is 5.32. The number of fused-ring (bicyclic) bond motifs is 1. The Balaban J connectivity index is 2.02. The smallest absolute Gasteiger partial charge is 0.160 e. The second-order valence-electron chi connectivity index (χ2n) is 3.87. The highest BCUT2D eigenvalue weighted by molar-refractivity contribution is 5.37. The molecule has 4 heteroatoms. The molecular weight excluding hydrogens is 190 g/mol. The van der Waals surface area contributed by atoms with E-state index in [4.69, 9.17) is 4.74 Å². The zero-order valence-electron chi connectivity index (χ0n) is 8.47. The van der Waals surface area contributed by atoms with Crippen LogP contribution in [0.15, 0.2) is 24.4 Å². The first-order valence-electron chi connectivity index (χ1n) is 5.32. The summed E-state index contributed by atoms with van der Waals surface area (Å²) >= 11 is 0. The SMILES string of the molecule is c1ccn2c(C3CCOCC3)nnc2c1. The summed E-state index contributed by atoms with van der Waals surface area (Å²) in [5.41, 5.74) is 0.930. The molecule has 78 valence electrons. The average molecular weight is 203 g/mol. The Morgan fingerprint density at radius 2 is 2.07 bits per heavy atom. The van der Waals surface area contributed by atoms with Crippen LogP contribution in [0.3, 0.4) is 0 Å². The van der Waals surface area contributed by atoms with Gasteiger partial charge in [-0.15, -0.1) is 10.2 Å². The minimum atomic E-state index is 0.496. The third kappa shape index (κ3) is 1.51. The van der Waals surface area contributed by atoms with Gasteiger partial charge in [-0.05, 0) is 25.0 Å². The molecule has 0 saturated carbocycles. The average Bonchev–Trinajstić information content (AvgIpc) is 2.74. The van der Waals surface area contributed by atoms with Crippen LogP contribution in [0.2, 0.25) is 0 Å². The molecule has 0 amide bonds. The van der Waals surface area contributed by atoms with E-state index in [-0.39, 0.29) is 0 Å². The maximum Gasteiger partial charge on any atom is 0.160 e. The number of pyridine rings is 1. The topological polar surface area (TPSA) is 39.4 Å². The fourth-order valence-corrected chi connectivity index (χ4v) is 2.09. The van der Waals surface area contributed by atoms with Gasteiger partial charge in [-0.1, -0.05) is 6.07 Å². The summed E-state index contributed by atoms with van der Waals surface area (Å²) < 4.78 is 7.43. The van der Waals surface area contributed by atoms with E-state index in [1.807, 2.05) is 24.4 Å². The van der Waals surface area contributed by atoms with Gasteiger partial charge >= 0.3 is 0 Å². The summed E-state index contributed by atoms with van der Waals surface area (Å²) in [5.74, 6) is 1.57. The lowest BCUT2D eigenvalue weighted by atomic mass is 10.00. The molecule has 2 aromatic heterocycles.